The normalized spacial score (nSPS) is 9.71. The number of ether oxygens (including phenoxy) is 1. The van der Waals surface area contributed by atoms with Crippen LogP contribution in [-0.4, -0.2) is 17.5 Å². The average Bonchev–Trinajstić information content (AvgIpc) is 2.53. The first-order chi connectivity index (χ1) is 10.2. The first kappa shape index (κ1) is 14.5. The number of benzene rings is 1. The number of hydrogen-bond donors (Lipinski definition) is 1. The van der Waals surface area contributed by atoms with Gasteiger partial charge >= 0.3 is 0 Å². The van der Waals surface area contributed by atoms with Crippen LogP contribution in [0.2, 0.25) is 0 Å². The molecular formula is C16H15N3O2. The van der Waals surface area contributed by atoms with Gasteiger partial charge in [-0.2, -0.15) is 5.26 Å². The standard InChI is InChI=1S/C16H15N3O2/c1-2-9-21-14-7-6-12(10-13(14)11-17)16(20)19-15-5-3-4-8-18-15/h3-8,10H,2,9H2,1H3,(H,18,19,20). The molecule has 1 amide bonds. The number of nitrogens with one attached hydrogen (secondary N) is 1. The summed E-state index contributed by atoms with van der Waals surface area (Å²) in [6, 6.07) is 12.1. The van der Waals surface area contributed by atoms with Gasteiger partial charge in [-0.25, -0.2) is 4.98 Å². The number of aromatic nitrogens is 1. The van der Waals surface area contributed by atoms with Gasteiger partial charge in [-0.05, 0) is 36.8 Å². The van der Waals surface area contributed by atoms with Crippen molar-refractivity contribution in [3.63, 3.8) is 0 Å². The zero-order valence-corrected chi connectivity index (χ0v) is 11.7. The molecule has 5 heteroatoms. The van der Waals surface area contributed by atoms with Crippen molar-refractivity contribution >= 4 is 11.7 Å². The molecule has 1 heterocycles. The van der Waals surface area contributed by atoms with Crippen molar-refractivity contribution in [2.24, 2.45) is 0 Å². The fourth-order valence-corrected chi connectivity index (χ4v) is 1.72. The van der Waals surface area contributed by atoms with E-state index in [1.807, 2.05) is 13.0 Å². The van der Waals surface area contributed by atoms with E-state index >= 15 is 0 Å². The highest BCUT2D eigenvalue weighted by Gasteiger charge is 2.11. The average molecular weight is 281 g/mol. The van der Waals surface area contributed by atoms with Gasteiger partial charge in [0, 0.05) is 11.8 Å². The number of nitriles is 1. The summed E-state index contributed by atoms with van der Waals surface area (Å²) in [5, 5.41) is 11.8. The van der Waals surface area contributed by atoms with Gasteiger partial charge in [0.1, 0.15) is 17.6 Å². The monoisotopic (exact) mass is 281 g/mol. The van der Waals surface area contributed by atoms with Crippen molar-refractivity contribution < 1.29 is 9.53 Å². The minimum atomic E-state index is -0.313. The van der Waals surface area contributed by atoms with Crippen LogP contribution in [0.1, 0.15) is 29.3 Å². The largest absolute Gasteiger partial charge is 0.492 e. The van der Waals surface area contributed by atoms with E-state index in [9.17, 15) is 4.79 Å². The lowest BCUT2D eigenvalue weighted by Crippen LogP contribution is -2.13. The van der Waals surface area contributed by atoms with Crippen LogP contribution in [0, 0.1) is 11.3 Å². The van der Waals surface area contributed by atoms with Crippen LogP contribution in [0.25, 0.3) is 0 Å². The molecule has 5 nitrogen and oxygen atoms in total. The first-order valence-electron chi connectivity index (χ1n) is 6.64. The predicted molar refractivity (Wildman–Crippen MR) is 79.1 cm³/mol. The maximum absolute atomic E-state index is 12.1. The number of pyridine rings is 1. The number of carbonyl (C=O) groups excluding carboxylic acids is 1. The van der Waals surface area contributed by atoms with Crippen molar-refractivity contribution in [1.82, 2.24) is 4.98 Å². The molecule has 0 fully saturated rings. The van der Waals surface area contributed by atoms with Crippen molar-refractivity contribution in [3.8, 4) is 11.8 Å². The minimum Gasteiger partial charge on any atom is -0.492 e. The third-order valence-electron chi connectivity index (χ3n) is 2.73. The van der Waals surface area contributed by atoms with Crippen molar-refractivity contribution in [3.05, 3.63) is 53.7 Å². The Hall–Kier alpha value is -2.87. The molecule has 0 radical (unpaired) electrons. The molecule has 2 rings (SSSR count). The smallest absolute Gasteiger partial charge is 0.256 e. The van der Waals surface area contributed by atoms with Gasteiger partial charge in [-0.3, -0.25) is 4.79 Å². The molecule has 106 valence electrons. The molecule has 0 aliphatic rings. The number of amides is 1. The van der Waals surface area contributed by atoms with E-state index in [4.69, 9.17) is 10.00 Å². The molecule has 0 saturated heterocycles. The fraction of sp³-hybridized carbons (Fsp3) is 0.188. The van der Waals surface area contributed by atoms with Gasteiger partial charge in [-0.1, -0.05) is 13.0 Å². The molecule has 21 heavy (non-hydrogen) atoms. The molecule has 0 aliphatic carbocycles. The molecule has 0 unspecified atom stereocenters. The molecule has 1 N–H and O–H groups in total. The maximum Gasteiger partial charge on any atom is 0.256 e. The minimum absolute atomic E-state index is 0.313. The van der Waals surface area contributed by atoms with Crippen LogP contribution >= 0.6 is 0 Å². The lowest BCUT2D eigenvalue weighted by Gasteiger charge is -2.08. The molecule has 2 aromatic rings. The van der Waals surface area contributed by atoms with E-state index in [-0.39, 0.29) is 5.91 Å². The summed E-state index contributed by atoms with van der Waals surface area (Å²) in [4.78, 5) is 16.1. The lowest BCUT2D eigenvalue weighted by molar-refractivity contribution is 0.102. The zero-order valence-electron chi connectivity index (χ0n) is 11.7. The molecule has 0 bridgehead atoms. The van der Waals surface area contributed by atoms with E-state index in [0.29, 0.717) is 29.3 Å². The van der Waals surface area contributed by atoms with Crippen LogP contribution in [0.3, 0.4) is 0 Å². The molecule has 0 spiro atoms. The van der Waals surface area contributed by atoms with Crippen LogP contribution in [0.5, 0.6) is 5.75 Å². The molecule has 0 atom stereocenters. The number of carbonyl (C=O) groups is 1. The highest BCUT2D eigenvalue weighted by atomic mass is 16.5. The van der Waals surface area contributed by atoms with Gasteiger partial charge in [0.15, 0.2) is 0 Å². The van der Waals surface area contributed by atoms with Crippen molar-refractivity contribution in [1.29, 1.82) is 5.26 Å². The first-order valence-corrected chi connectivity index (χ1v) is 6.64. The second-order valence-electron chi connectivity index (χ2n) is 4.34. The summed E-state index contributed by atoms with van der Waals surface area (Å²) in [6.45, 7) is 2.52. The Morgan fingerprint density at radius 1 is 1.38 bits per heavy atom. The third kappa shape index (κ3) is 3.80. The van der Waals surface area contributed by atoms with Crippen LogP contribution in [0.15, 0.2) is 42.6 Å². The van der Waals surface area contributed by atoms with Crippen molar-refractivity contribution in [2.75, 3.05) is 11.9 Å². The SMILES string of the molecule is CCCOc1ccc(C(=O)Nc2ccccn2)cc1C#N. The Bertz CT molecular complexity index is 663. The molecular weight excluding hydrogens is 266 g/mol. The van der Waals surface area contributed by atoms with Crippen LogP contribution in [-0.2, 0) is 0 Å². The maximum atomic E-state index is 12.1. The molecule has 1 aromatic carbocycles. The van der Waals surface area contributed by atoms with Gasteiger partial charge in [0.2, 0.25) is 0 Å². The van der Waals surface area contributed by atoms with E-state index in [0.717, 1.165) is 6.42 Å². The van der Waals surface area contributed by atoms with E-state index in [1.165, 1.54) is 6.07 Å². The number of hydrogen-bond acceptors (Lipinski definition) is 4. The summed E-state index contributed by atoms with van der Waals surface area (Å²) in [6.07, 6.45) is 2.45. The summed E-state index contributed by atoms with van der Waals surface area (Å²) in [7, 11) is 0. The predicted octanol–water partition coefficient (Wildman–Crippen LogP) is 2.99. The van der Waals surface area contributed by atoms with E-state index < -0.39 is 0 Å². The lowest BCUT2D eigenvalue weighted by atomic mass is 10.1. The number of nitrogens with zero attached hydrogens (tertiary/aromatic N) is 2. The Morgan fingerprint density at radius 2 is 2.24 bits per heavy atom. The molecule has 0 saturated carbocycles. The van der Waals surface area contributed by atoms with Crippen LogP contribution < -0.4 is 10.1 Å². The second kappa shape index (κ2) is 7.06. The third-order valence-corrected chi connectivity index (χ3v) is 2.73. The Kier molecular flexibility index (Phi) is 4.89. The summed E-state index contributed by atoms with van der Waals surface area (Å²) >= 11 is 0. The number of rotatable bonds is 5. The topological polar surface area (TPSA) is 75.0 Å². The quantitative estimate of drug-likeness (QED) is 0.914. The van der Waals surface area contributed by atoms with E-state index in [2.05, 4.69) is 10.3 Å². The highest BCUT2D eigenvalue weighted by molar-refractivity contribution is 6.04. The van der Waals surface area contributed by atoms with Gasteiger partial charge < -0.3 is 10.1 Å². The fourth-order valence-electron chi connectivity index (χ4n) is 1.72. The Labute approximate surface area is 123 Å². The molecule has 1 aromatic heterocycles. The molecule has 0 aliphatic heterocycles. The summed E-state index contributed by atoms with van der Waals surface area (Å²) in [5.41, 5.74) is 0.734. The highest BCUT2D eigenvalue weighted by Crippen LogP contribution is 2.20. The van der Waals surface area contributed by atoms with Gasteiger partial charge in [-0.15, -0.1) is 0 Å². The summed E-state index contributed by atoms with van der Waals surface area (Å²) in [5.74, 6) is 0.647. The Morgan fingerprint density at radius 3 is 2.90 bits per heavy atom. The summed E-state index contributed by atoms with van der Waals surface area (Å²) < 4.78 is 5.46. The van der Waals surface area contributed by atoms with Crippen LogP contribution in [0.4, 0.5) is 5.82 Å². The van der Waals surface area contributed by atoms with Gasteiger partial charge in [0.05, 0.1) is 12.2 Å². The Balaban J connectivity index is 2.17. The van der Waals surface area contributed by atoms with Gasteiger partial charge in [0.25, 0.3) is 5.91 Å². The van der Waals surface area contributed by atoms with E-state index in [1.54, 1.807) is 36.5 Å². The second-order valence-corrected chi connectivity index (χ2v) is 4.34. The number of anilines is 1. The van der Waals surface area contributed by atoms with Crippen molar-refractivity contribution in [2.45, 2.75) is 13.3 Å². The zero-order chi connectivity index (χ0) is 15.1.